The number of thiophene rings is 1. The van der Waals surface area contributed by atoms with E-state index in [0.29, 0.717) is 19.0 Å². The fourth-order valence-electron chi connectivity index (χ4n) is 3.20. The van der Waals surface area contributed by atoms with Gasteiger partial charge >= 0.3 is 0 Å². The minimum Gasteiger partial charge on any atom is -0.341 e. The second kappa shape index (κ2) is 5.77. The summed E-state index contributed by atoms with van der Waals surface area (Å²) in [6.07, 6.45) is 0. The molecule has 3 rings (SSSR count). The number of hydrogen-bond acceptors (Lipinski definition) is 4. The molecule has 0 aliphatic carbocycles. The van der Waals surface area contributed by atoms with Gasteiger partial charge in [-0.25, -0.2) is 0 Å². The summed E-state index contributed by atoms with van der Waals surface area (Å²) in [5.74, 6) is 0.609. The molecule has 2 aliphatic heterocycles. The van der Waals surface area contributed by atoms with Gasteiger partial charge in [-0.2, -0.15) is 11.3 Å². The molecule has 0 saturated carbocycles. The first-order valence-electron chi connectivity index (χ1n) is 7.31. The highest BCUT2D eigenvalue weighted by molar-refractivity contribution is 7.08. The number of likely N-dealkylation sites (tertiary alicyclic amines) is 2. The molecule has 6 heteroatoms. The van der Waals surface area contributed by atoms with Crippen molar-refractivity contribution in [1.29, 1.82) is 0 Å². The molecule has 1 aromatic heterocycles. The van der Waals surface area contributed by atoms with Gasteiger partial charge < -0.3 is 14.7 Å². The quantitative estimate of drug-likeness (QED) is 0.828. The van der Waals surface area contributed by atoms with Crippen molar-refractivity contribution in [3.8, 4) is 0 Å². The highest BCUT2D eigenvalue weighted by Gasteiger charge is 2.47. The van der Waals surface area contributed by atoms with Crippen LogP contribution in [0.15, 0.2) is 16.8 Å². The number of likely N-dealkylation sites (N-methyl/N-ethyl adjacent to an activating group) is 1. The van der Waals surface area contributed by atoms with Gasteiger partial charge in [-0.3, -0.25) is 9.59 Å². The Hall–Kier alpha value is -1.40. The first-order chi connectivity index (χ1) is 10.1. The fraction of sp³-hybridized carbons (Fsp3) is 0.600. The van der Waals surface area contributed by atoms with Crippen molar-refractivity contribution in [2.24, 2.45) is 11.8 Å². The van der Waals surface area contributed by atoms with Crippen LogP contribution in [0, 0.1) is 11.8 Å². The van der Waals surface area contributed by atoms with E-state index in [-0.39, 0.29) is 17.7 Å². The maximum Gasteiger partial charge on any atom is 0.254 e. The zero-order valence-corrected chi connectivity index (χ0v) is 13.3. The van der Waals surface area contributed by atoms with Gasteiger partial charge in [-0.1, -0.05) is 0 Å². The summed E-state index contributed by atoms with van der Waals surface area (Å²) in [7, 11) is 4.03. The predicted molar refractivity (Wildman–Crippen MR) is 82.3 cm³/mol. The second-order valence-electron chi connectivity index (χ2n) is 6.18. The maximum absolute atomic E-state index is 12.4. The first kappa shape index (κ1) is 14.5. The van der Waals surface area contributed by atoms with Crippen LogP contribution < -0.4 is 0 Å². The van der Waals surface area contributed by atoms with E-state index in [9.17, 15) is 9.59 Å². The van der Waals surface area contributed by atoms with Gasteiger partial charge in [-0.15, -0.1) is 0 Å². The van der Waals surface area contributed by atoms with Crippen molar-refractivity contribution in [3.63, 3.8) is 0 Å². The molecule has 2 amide bonds. The number of rotatable bonds is 4. The molecule has 3 heterocycles. The van der Waals surface area contributed by atoms with Gasteiger partial charge in [0.1, 0.15) is 0 Å². The molecule has 2 saturated heterocycles. The molecule has 0 unspecified atom stereocenters. The van der Waals surface area contributed by atoms with E-state index in [1.165, 1.54) is 11.3 Å². The largest absolute Gasteiger partial charge is 0.341 e. The summed E-state index contributed by atoms with van der Waals surface area (Å²) in [5.41, 5.74) is 0.747. The lowest BCUT2D eigenvalue weighted by molar-refractivity contribution is -0.131. The highest BCUT2D eigenvalue weighted by atomic mass is 32.1. The lowest BCUT2D eigenvalue weighted by atomic mass is 10.0. The van der Waals surface area contributed by atoms with Crippen molar-refractivity contribution in [3.05, 3.63) is 22.4 Å². The van der Waals surface area contributed by atoms with Crippen molar-refractivity contribution >= 4 is 23.2 Å². The average Bonchev–Trinajstić information content (AvgIpc) is 3.14. The lowest BCUT2D eigenvalue weighted by Gasteiger charge is -2.23. The molecule has 0 radical (unpaired) electrons. The molecule has 0 aromatic carbocycles. The molecule has 2 atom stereocenters. The van der Waals surface area contributed by atoms with Crippen LogP contribution >= 0.6 is 11.3 Å². The van der Waals surface area contributed by atoms with Crippen molar-refractivity contribution in [1.82, 2.24) is 14.7 Å². The number of carbonyl (C=O) groups excluding carboxylic acids is 2. The zero-order valence-electron chi connectivity index (χ0n) is 12.5. The zero-order chi connectivity index (χ0) is 15.0. The van der Waals surface area contributed by atoms with E-state index in [1.54, 1.807) is 0 Å². The molecule has 114 valence electrons. The first-order valence-corrected chi connectivity index (χ1v) is 8.25. The van der Waals surface area contributed by atoms with Gasteiger partial charge in [0.05, 0.1) is 11.5 Å². The van der Waals surface area contributed by atoms with Crippen molar-refractivity contribution in [2.75, 3.05) is 46.8 Å². The van der Waals surface area contributed by atoms with E-state index in [4.69, 9.17) is 0 Å². The normalized spacial score (nSPS) is 25.0. The Morgan fingerprint density at radius 1 is 1.38 bits per heavy atom. The van der Waals surface area contributed by atoms with E-state index in [2.05, 4.69) is 4.90 Å². The van der Waals surface area contributed by atoms with Gasteiger partial charge in [0.15, 0.2) is 0 Å². The summed E-state index contributed by atoms with van der Waals surface area (Å²) in [4.78, 5) is 30.7. The Morgan fingerprint density at radius 3 is 2.81 bits per heavy atom. The number of amides is 2. The van der Waals surface area contributed by atoms with Crippen LogP contribution in [-0.4, -0.2) is 73.3 Å². The summed E-state index contributed by atoms with van der Waals surface area (Å²) < 4.78 is 0. The summed E-state index contributed by atoms with van der Waals surface area (Å²) in [5, 5.41) is 3.79. The van der Waals surface area contributed by atoms with Crippen molar-refractivity contribution < 1.29 is 9.59 Å². The van der Waals surface area contributed by atoms with Crippen LogP contribution in [0.25, 0.3) is 0 Å². The third kappa shape index (κ3) is 2.82. The molecule has 1 aromatic rings. The smallest absolute Gasteiger partial charge is 0.254 e. The SMILES string of the molecule is CN(C)CCN1C[C@@H]2CN(C(=O)c3ccsc3)C[C@@H]2C1=O. The minimum absolute atomic E-state index is 0.00903. The average molecular weight is 307 g/mol. The Kier molecular flexibility index (Phi) is 3.99. The molecule has 0 spiro atoms. The number of fused-ring (bicyclic) bond motifs is 1. The summed E-state index contributed by atoms with van der Waals surface area (Å²) >= 11 is 1.53. The van der Waals surface area contributed by atoms with Gasteiger partial charge in [0, 0.05) is 44.0 Å². The number of carbonyl (C=O) groups is 2. The second-order valence-corrected chi connectivity index (χ2v) is 6.96. The third-order valence-corrected chi connectivity index (χ3v) is 5.08. The molecule has 2 fully saturated rings. The Morgan fingerprint density at radius 2 is 2.19 bits per heavy atom. The standard InChI is InChI=1S/C15H21N3O2S/c1-16(2)4-5-17-7-12-8-18(9-13(12)15(17)20)14(19)11-3-6-21-10-11/h3,6,10,12-13H,4-5,7-9H2,1-2H3/t12-,13+/m1/s1. The third-order valence-electron chi connectivity index (χ3n) is 4.40. The maximum atomic E-state index is 12.4. The van der Waals surface area contributed by atoms with Crippen LogP contribution in [0.2, 0.25) is 0 Å². The molecular formula is C15H21N3O2S. The van der Waals surface area contributed by atoms with Crippen LogP contribution in [-0.2, 0) is 4.79 Å². The highest BCUT2D eigenvalue weighted by Crippen LogP contribution is 2.32. The van der Waals surface area contributed by atoms with E-state index in [0.717, 1.165) is 25.2 Å². The van der Waals surface area contributed by atoms with Crippen molar-refractivity contribution in [2.45, 2.75) is 0 Å². The lowest BCUT2D eigenvalue weighted by Crippen LogP contribution is -2.38. The molecule has 0 N–H and O–H groups in total. The molecule has 5 nitrogen and oxygen atoms in total. The molecule has 0 bridgehead atoms. The van der Waals surface area contributed by atoms with E-state index >= 15 is 0 Å². The van der Waals surface area contributed by atoms with Crippen LogP contribution in [0.4, 0.5) is 0 Å². The van der Waals surface area contributed by atoms with E-state index in [1.807, 2.05) is 40.7 Å². The molecule has 21 heavy (non-hydrogen) atoms. The predicted octanol–water partition coefficient (Wildman–Crippen LogP) is 0.840. The Balaban J connectivity index is 1.60. The van der Waals surface area contributed by atoms with Gasteiger partial charge in [0.2, 0.25) is 5.91 Å². The number of hydrogen-bond donors (Lipinski definition) is 0. The fourth-order valence-corrected chi connectivity index (χ4v) is 3.83. The van der Waals surface area contributed by atoms with Gasteiger partial charge in [0.25, 0.3) is 5.91 Å². The minimum atomic E-state index is 0.00903. The number of nitrogens with zero attached hydrogens (tertiary/aromatic N) is 3. The molecule has 2 aliphatic rings. The summed E-state index contributed by atoms with van der Waals surface area (Å²) in [6, 6.07) is 1.85. The Bertz CT molecular complexity index is 529. The van der Waals surface area contributed by atoms with Crippen LogP contribution in [0.3, 0.4) is 0 Å². The van der Waals surface area contributed by atoms with Gasteiger partial charge in [-0.05, 0) is 25.5 Å². The summed E-state index contributed by atoms with van der Waals surface area (Å²) in [6.45, 7) is 3.77. The van der Waals surface area contributed by atoms with E-state index < -0.39 is 0 Å². The van der Waals surface area contributed by atoms with Crippen LogP contribution in [0.5, 0.6) is 0 Å². The van der Waals surface area contributed by atoms with Crippen LogP contribution in [0.1, 0.15) is 10.4 Å². The topological polar surface area (TPSA) is 43.9 Å². The Labute approximate surface area is 129 Å². The molecular weight excluding hydrogens is 286 g/mol. The monoisotopic (exact) mass is 307 g/mol.